The van der Waals surface area contributed by atoms with E-state index in [0.717, 1.165) is 38.4 Å². The van der Waals surface area contributed by atoms with Gasteiger partial charge >= 0.3 is 0 Å². The molecule has 4 nitrogen and oxygen atoms in total. The van der Waals surface area contributed by atoms with Crippen LogP contribution in [0.2, 0.25) is 0 Å². The Morgan fingerprint density at radius 2 is 1.68 bits per heavy atom. The lowest BCUT2D eigenvalue weighted by molar-refractivity contribution is 0.462. The van der Waals surface area contributed by atoms with Crippen LogP contribution in [-0.2, 0) is 0 Å². The summed E-state index contributed by atoms with van der Waals surface area (Å²) in [5.74, 6) is -5.63. The molecule has 1 N–H and O–H groups in total. The first kappa shape index (κ1) is 15.8. The van der Waals surface area contributed by atoms with Crippen molar-refractivity contribution in [1.82, 2.24) is 0 Å². The monoisotopic (exact) mass is 349 g/mol. The van der Waals surface area contributed by atoms with Crippen molar-refractivity contribution in [2.24, 2.45) is 0 Å². The first-order chi connectivity index (χ1) is 12.0. The van der Waals surface area contributed by atoms with Crippen LogP contribution in [0.5, 0.6) is 5.75 Å². The van der Waals surface area contributed by atoms with E-state index in [-0.39, 0.29) is 16.7 Å². The summed E-state index contributed by atoms with van der Waals surface area (Å²) in [6.45, 7) is 1.63. The predicted octanol–water partition coefficient (Wildman–Crippen LogP) is 4.01. The van der Waals surface area contributed by atoms with Gasteiger partial charge in [0, 0.05) is 30.9 Å². The fourth-order valence-electron chi connectivity index (χ4n) is 3.28. The number of fused-ring (bicyclic) bond motifs is 2. The molecule has 2 heterocycles. The summed E-state index contributed by atoms with van der Waals surface area (Å²) in [7, 11) is 0. The minimum atomic E-state index is -1.80. The lowest BCUT2D eigenvalue weighted by Gasteiger charge is -2.29. The highest BCUT2D eigenvalue weighted by Crippen LogP contribution is 2.38. The van der Waals surface area contributed by atoms with E-state index in [1.54, 1.807) is 6.07 Å². The van der Waals surface area contributed by atoms with Crippen molar-refractivity contribution in [3.8, 4) is 17.1 Å². The summed E-state index contributed by atoms with van der Waals surface area (Å²) in [5, 5.41) is 10.4. The van der Waals surface area contributed by atoms with Crippen LogP contribution >= 0.6 is 0 Å². The molecule has 1 aliphatic carbocycles. The van der Waals surface area contributed by atoms with Crippen molar-refractivity contribution < 1.29 is 22.7 Å². The van der Waals surface area contributed by atoms with Crippen molar-refractivity contribution in [2.75, 3.05) is 18.0 Å². The highest BCUT2D eigenvalue weighted by Gasteiger charge is 2.27. The predicted molar refractivity (Wildman–Crippen MR) is 86.7 cm³/mol. The number of phenols is 1. The summed E-state index contributed by atoms with van der Waals surface area (Å²) in [6, 6.07) is 4.21. The highest BCUT2D eigenvalue weighted by atomic mass is 19.2. The molecule has 1 aromatic carbocycles. The van der Waals surface area contributed by atoms with Gasteiger partial charge in [0.05, 0.1) is 10.9 Å². The van der Waals surface area contributed by atoms with Gasteiger partial charge in [0.1, 0.15) is 11.3 Å². The minimum absolute atomic E-state index is 0.0948. The van der Waals surface area contributed by atoms with E-state index in [0.29, 0.717) is 5.69 Å². The largest absolute Gasteiger partial charge is 0.507 e. The van der Waals surface area contributed by atoms with E-state index in [1.165, 1.54) is 6.07 Å². The Labute approximate surface area is 140 Å². The van der Waals surface area contributed by atoms with Crippen molar-refractivity contribution in [1.29, 1.82) is 0 Å². The maximum absolute atomic E-state index is 14.0. The van der Waals surface area contributed by atoms with Gasteiger partial charge < -0.3 is 14.4 Å². The molecule has 0 radical (unpaired) electrons. The third kappa shape index (κ3) is 2.42. The topological polar surface area (TPSA) is 53.7 Å². The van der Waals surface area contributed by atoms with Gasteiger partial charge in [-0.15, -0.1) is 0 Å². The molecule has 130 valence electrons. The Kier molecular flexibility index (Phi) is 3.59. The van der Waals surface area contributed by atoms with E-state index >= 15 is 0 Å². The number of anilines is 1. The second-order valence-corrected chi connectivity index (χ2v) is 6.18. The number of halogens is 3. The number of phenolic OH excluding ortho intramolecular Hbond substituents is 1. The fourth-order valence-corrected chi connectivity index (χ4v) is 3.28. The Balaban J connectivity index is 1.99. The molecule has 1 fully saturated rings. The molecule has 4 rings (SSSR count). The molecule has 0 atom stereocenters. The maximum atomic E-state index is 14.0. The Hall–Kier alpha value is -2.70. The van der Waals surface area contributed by atoms with Crippen LogP contribution in [0.15, 0.2) is 27.4 Å². The molecule has 0 spiro atoms. The van der Waals surface area contributed by atoms with Crippen LogP contribution < -0.4 is 10.3 Å². The third-order valence-corrected chi connectivity index (χ3v) is 4.60. The van der Waals surface area contributed by atoms with Crippen LogP contribution in [0.4, 0.5) is 18.9 Å². The summed E-state index contributed by atoms with van der Waals surface area (Å²) in [4.78, 5) is 13.5. The summed E-state index contributed by atoms with van der Waals surface area (Å²) in [6.07, 6.45) is 3.17. The van der Waals surface area contributed by atoms with Crippen molar-refractivity contribution >= 4 is 16.7 Å². The van der Waals surface area contributed by atoms with E-state index < -0.39 is 34.2 Å². The van der Waals surface area contributed by atoms with E-state index in [9.17, 15) is 23.1 Å². The zero-order valence-electron chi connectivity index (χ0n) is 13.1. The van der Waals surface area contributed by atoms with Crippen LogP contribution in [-0.4, -0.2) is 18.2 Å². The molecule has 0 unspecified atom stereocenters. The third-order valence-electron chi connectivity index (χ3n) is 4.60. The number of rotatable bonds is 1. The summed E-state index contributed by atoms with van der Waals surface area (Å²) < 4.78 is 46.8. The summed E-state index contributed by atoms with van der Waals surface area (Å²) in [5.41, 5.74) is -1.41. The average Bonchev–Trinajstić information content (AvgIpc) is 2.64. The van der Waals surface area contributed by atoms with Gasteiger partial charge in [0.15, 0.2) is 11.6 Å². The van der Waals surface area contributed by atoms with Gasteiger partial charge in [-0.3, -0.25) is 4.79 Å². The van der Waals surface area contributed by atoms with Crippen LogP contribution in [0.25, 0.3) is 22.3 Å². The number of aromatic hydroxyl groups is 1. The SMILES string of the molecule is O=c1c(F)c2oc3cc(N4CCCCC4)cc(O)c3cc-2c(F)c1F. The number of nitrogens with zero attached hydrogens (tertiary/aromatic N) is 1. The second-order valence-electron chi connectivity index (χ2n) is 6.18. The molecule has 3 aliphatic rings. The minimum Gasteiger partial charge on any atom is -0.507 e. The van der Waals surface area contributed by atoms with E-state index in [2.05, 4.69) is 4.90 Å². The first-order valence-electron chi connectivity index (χ1n) is 7.99. The first-order valence-corrected chi connectivity index (χ1v) is 7.99. The normalized spacial score (nSPS) is 15.2. The molecule has 25 heavy (non-hydrogen) atoms. The highest BCUT2D eigenvalue weighted by molar-refractivity contribution is 5.91. The number of hydrogen-bond donors (Lipinski definition) is 1. The van der Waals surface area contributed by atoms with Gasteiger partial charge in [-0.1, -0.05) is 0 Å². The lowest BCUT2D eigenvalue weighted by atomic mass is 10.0. The van der Waals surface area contributed by atoms with Crippen molar-refractivity contribution in [3.63, 3.8) is 0 Å². The zero-order chi connectivity index (χ0) is 17.7. The van der Waals surface area contributed by atoms with Crippen molar-refractivity contribution in [2.45, 2.75) is 19.3 Å². The fraction of sp³-hybridized carbons (Fsp3) is 0.278. The molecule has 0 bridgehead atoms. The standard InChI is InChI=1S/C18H14F3NO3/c19-14-11-8-10-12(23)6-9(22-4-2-1-3-5-22)7-13(10)25-18(11)16(21)17(24)15(14)20/h6-8,23H,1-5H2. The molecule has 0 saturated carbocycles. The van der Waals surface area contributed by atoms with E-state index in [4.69, 9.17) is 4.42 Å². The Bertz CT molecular complexity index is 1010. The molecule has 0 aromatic heterocycles. The summed E-state index contributed by atoms with van der Waals surface area (Å²) >= 11 is 0. The van der Waals surface area contributed by atoms with Crippen LogP contribution in [0.1, 0.15) is 19.3 Å². The molecule has 2 aliphatic heterocycles. The van der Waals surface area contributed by atoms with Crippen LogP contribution in [0.3, 0.4) is 0 Å². The Morgan fingerprint density at radius 1 is 0.960 bits per heavy atom. The smallest absolute Gasteiger partial charge is 0.256 e. The van der Waals surface area contributed by atoms with Gasteiger partial charge in [-0.2, -0.15) is 8.78 Å². The molecule has 1 saturated heterocycles. The van der Waals surface area contributed by atoms with Gasteiger partial charge in [0.25, 0.3) is 5.43 Å². The number of hydrogen-bond acceptors (Lipinski definition) is 4. The Morgan fingerprint density at radius 3 is 2.40 bits per heavy atom. The molecule has 1 aromatic rings. The second kappa shape index (κ2) is 5.68. The molecular weight excluding hydrogens is 335 g/mol. The zero-order valence-corrected chi connectivity index (χ0v) is 13.1. The maximum Gasteiger partial charge on any atom is 0.256 e. The van der Waals surface area contributed by atoms with E-state index in [1.807, 2.05) is 0 Å². The molecular formula is C18H14F3NO3. The lowest BCUT2D eigenvalue weighted by Crippen LogP contribution is -2.29. The average molecular weight is 349 g/mol. The van der Waals surface area contributed by atoms with Crippen molar-refractivity contribution in [3.05, 3.63) is 45.9 Å². The number of piperidine rings is 1. The number of benzene rings is 2. The van der Waals surface area contributed by atoms with Gasteiger partial charge in [0.2, 0.25) is 11.6 Å². The van der Waals surface area contributed by atoms with Gasteiger partial charge in [-0.25, -0.2) is 4.39 Å². The molecule has 0 amide bonds. The van der Waals surface area contributed by atoms with Gasteiger partial charge in [-0.05, 0) is 25.3 Å². The molecule has 7 heteroatoms. The quantitative estimate of drug-likeness (QED) is 0.533. The van der Waals surface area contributed by atoms with Crippen LogP contribution in [0, 0.1) is 17.5 Å².